The first-order valence-electron chi connectivity index (χ1n) is 6.37. The predicted octanol–water partition coefficient (Wildman–Crippen LogP) is 1.25. The van der Waals surface area contributed by atoms with Gasteiger partial charge in [-0.3, -0.25) is 4.79 Å². The van der Waals surface area contributed by atoms with E-state index in [0.717, 1.165) is 0 Å². The number of hydrogen-bond acceptors (Lipinski definition) is 3. The lowest BCUT2D eigenvalue weighted by molar-refractivity contribution is -0.139. The zero-order valence-electron chi connectivity index (χ0n) is 10.8. The molecule has 0 unspecified atom stereocenters. The summed E-state index contributed by atoms with van der Waals surface area (Å²) in [6.07, 6.45) is 0.196. The molecule has 1 aliphatic carbocycles. The summed E-state index contributed by atoms with van der Waals surface area (Å²) < 4.78 is 31.1. The molecule has 1 saturated carbocycles. The molecule has 106 valence electrons. The van der Waals surface area contributed by atoms with Crippen LogP contribution >= 0.6 is 0 Å². The van der Waals surface area contributed by atoms with Crippen LogP contribution in [0.2, 0.25) is 0 Å². The van der Waals surface area contributed by atoms with Crippen LogP contribution in [0.25, 0.3) is 0 Å². The third-order valence-corrected chi connectivity index (χ3v) is 3.28. The summed E-state index contributed by atoms with van der Waals surface area (Å²) in [4.78, 5) is 13.5. The fourth-order valence-electron chi connectivity index (χ4n) is 2.10. The van der Waals surface area contributed by atoms with Gasteiger partial charge in [-0.25, -0.2) is 8.78 Å². The Labute approximate surface area is 106 Å². The minimum absolute atomic E-state index is 0.0538. The highest BCUT2D eigenvalue weighted by Crippen LogP contribution is 2.36. The predicted molar refractivity (Wildman–Crippen MR) is 64.4 cm³/mol. The second-order valence-corrected chi connectivity index (χ2v) is 4.79. The van der Waals surface area contributed by atoms with Crippen LogP contribution in [0.3, 0.4) is 0 Å². The van der Waals surface area contributed by atoms with E-state index in [1.165, 1.54) is 0 Å². The molecule has 0 atom stereocenters. The molecule has 4 nitrogen and oxygen atoms in total. The molecule has 2 N–H and O–H groups in total. The molecule has 0 aromatic carbocycles. The van der Waals surface area contributed by atoms with Gasteiger partial charge in [0.1, 0.15) is 0 Å². The van der Waals surface area contributed by atoms with Gasteiger partial charge in [-0.2, -0.15) is 0 Å². The Morgan fingerprint density at radius 3 is 2.56 bits per heavy atom. The van der Waals surface area contributed by atoms with Crippen molar-refractivity contribution >= 4 is 5.91 Å². The van der Waals surface area contributed by atoms with Crippen molar-refractivity contribution in [2.45, 2.75) is 31.6 Å². The smallest absolute Gasteiger partial charge is 0.248 e. The summed E-state index contributed by atoms with van der Waals surface area (Å²) in [5, 5.41) is 0. The van der Waals surface area contributed by atoms with Gasteiger partial charge in [-0.1, -0.05) is 0 Å². The zero-order valence-corrected chi connectivity index (χ0v) is 10.8. The topological polar surface area (TPSA) is 55.6 Å². The van der Waals surface area contributed by atoms with Crippen LogP contribution in [-0.2, 0) is 9.53 Å². The second-order valence-electron chi connectivity index (χ2n) is 4.79. The Balaban J connectivity index is 2.27. The highest BCUT2D eigenvalue weighted by Gasteiger charge is 2.38. The molecule has 1 aliphatic rings. The third-order valence-electron chi connectivity index (χ3n) is 3.28. The van der Waals surface area contributed by atoms with E-state index in [0.29, 0.717) is 26.3 Å². The monoisotopic (exact) mass is 264 g/mol. The lowest BCUT2D eigenvalue weighted by atomic mass is 9.86. The fraction of sp³-hybridized carbons (Fsp3) is 0.917. The first kappa shape index (κ1) is 15.3. The number of carbonyl (C=O) groups excluding carboxylic acids is 1. The molecular formula is C12H22F2N2O2. The van der Waals surface area contributed by atoms with E-state index >= 15 is 0 Å². The first-order chi connectivity index (χ1) is 8.46. The molecule has 1 amide bonds. The summed E-state index contributed by atoms with van der Waals surface area (Å²) in [5.74, 6) is -2.90. The lowest BCUT2D eigenvalue weighted by Crippen LogP contribution is -2.38. The van der Waals surface area contributed by atoms with Crippen molar-refractivity contribution in [3.63, 3.8) is 0 Å². The maximum atomic E-state index is 13.0. The second kappa shape index (κ2) is 6.99. The molecule has 0 aromatic heterocycles. The summed E-state index contributed by atoms with van der Waals surface area (Å²) in [5.41, 5.74) is 5.27. The van der Waals surface area contributed by atoms with Gasteiger partial charge in [0.2, 0.25) is 11.8 Å². The molecule has 0 aliphatic heterocycles. The van der Waals surface area contributed by atoms with Crippen molar-refractivity contribution < 1.29 is 18.3 Å². The number of amides is 1. The normalized spacial score (nSPS) is 19.8. The van der Waals surface area contributed by atoms with Crippen LogP contribution in [0.4, 0.5) is 8.78 Å². The molecule has 0 bridgehead atoms. The minimum atomic E-state index is -2.58. The number of halogens is 2. The molecule has 6 heteroatoms. The Morgan fingerprint density at radius 2 is 2.00 bits per heavy atom. The molecule has 0 aromatic rings. The molecule has 0 spiro atoms. The van der Waals surface area contributed by atoms with E-state index in [1.54, 1.807) is 11.9 Å². The van der Waals surface area contributed by atoms with Gasteiger partial charge in [0.15, 0.2) is 0 Å². The van der Waals surface area contributed by atoms with E-state index in [-0.39, 0.29) is 37.5 Å². The van der Waals surface area contributed by atoms with Crippen LogP contribution in [0, 0.1) is 5.92 Å². The van der Waals surface area contributed by atoms with Gasteiger partial charge in [0.05, 0.1) is 13.2 Å². The molecular weight excluding hydrogens is 242 g/mol. The summed E-state index contributed by atoms with van der Waals surface area (Å²) in [7, 11) is 1.68. The van der Waals surface area contributed by atoms with Gasteiger partial charge >= 0.3 is 0 Å². The molecule has 1 fully saturated rings. The zero-order chi connectivity index (χ0) is 13.6. The van der Waals surface area contributed by atoms with Crippen LogP contribution in [0.5, 0.6) is 0 Å². The Kier molecular flexibility index (Phi) is 5.95. The molecule has 0 heterocycles. The van der Waals surface area contributed by atoms with E-state index in [9.17, 15) is 13.6 Å². The minimum Gasteiger partial charge on any atom is -0.378 e. The summed E-state index contributed by atoms with van der Waals surface area (Å²) >= 11 is 0. The van der Waals surface area contributed by atoms with Crippen LogP contribution < -0.4 is 5.73 Å². The SMILES string of the molecule is CN(CCOCCN)C(=O)C1CCC(F)(F)CC1. The lowest BCUT2D eigenvalue weighted by Gasteiger charge is -2.30. The van der Waals surface area contributed by atoms with Crippen molar-refractivity contribution in [3.05, 3.63) is 0 Å². The number of carbonyl (C=O) groups is 1. The average molecular weight is 264 g/mol. The van der Waals surface area contributed by atoms with Gasteiger partial charge in [-0.15, -0.1) is 0 Å². The fourth-order valence-corrected chi connectivity index (χ4v) is 2.10. The number of nitrogens with zero attached hydrogens (tertiary/aromatic N) is 1. The van der Waals surface area contributed by atoms with Crippen LogP contribution in [0.15, 0.2) is 0 Å². The van der Waals surface area contributed by atoms with Crippen molar-refractivity contribution in [2.24, 2.45) is 11.7 Å². The van der Waals surface area contributed by atoms with Crippen molar-refractivity contribution in [1.82, 2.24) is 4.90 Å². The Bertz CT molecular complexity index is 265. The molecule has 0 saturated heterocycles. The average Bonchev–Trinajstić information content (AvgIpc) is 2.33. The van der Waals surface area contributed by atoms with Gasteiger partial charge in [-0.05, 0) is 12.8 Å². The quantitative estimate of drug-likeness (QED) is 0.734. The van der Waals surface area contributed by atoms with Gasteiger partial charge in [0, 0.05) is 38.9 Å². The number of likely N-dealkylation sites (N-methyl/N-ethyl adjacent to an activating group) is 1. The Hall–Kier alpha value is -0.750. The van der Waals surface area contributed by atoms with Crippen LogP contribution in [0.1, 0.15) is 25.7 Å². The maximum Gasteiger partial charge on any atom is 0.248 e. The van der Waals surface area contributed by atoms with E-state index in [2.05, 4.69) is 0 Å². The largest absolute Gasteiger partial charge is 0.378 e. The standard InChI is InChI=1S/C12H22F2N2O2/c1-16(7-9-18-8-6-15)11(17)10-2-4-12(13,14)5-3-10/h10H,2-9,15H2,1H3. The van der Waals surface area contributed by atoms with E-state index in [1.807, 2.05) is 0 Å². The number of hydrogen-bond donors (Lipinski definition) is 1. The number of ether oxygens (including phenoxy) is 1. The number of nitrogens with two attached hydrogens (primary N) is 1. The summed E-state index contributed by atoms with van der Waals surface area (Å²) in [6, 6.07) is 0. The van der Waals surface area contributed by atoms with Gasteiger partial charge < -0.3 is 15.4 Å². The van der Waals surface area contributed by atoms with Crippen molar-refractivity contribution in [2.75, 3.05) is 33.4 Å². The highest BCUT2D eigenvalue weighted by molar-refractivity contribution is 5.78. The molecule has 18 heavy (non-hydrogen) atoms. The number of alkyl halides is 2. The van der Waals surface area contributed by atoms with Crippen molar-refractivity contribution in [1.29, 1.82) is 0 Å². The first-order valence-corrected chi connectivity index (χ1v) is 6.37. The molecule has 1 rings (SSSR count). The number of rotatable bonds is 6. The summed E-state index contributed by atoms with van der Waals surface area (Å²) in [6.45, 7) is 1.83. The highest BCUT2D eigenvalue weighted by atomic mass is 19.3. The third kappa shape index (κ3) is 4.86. The molecule has 0 radical (unpaired) electrons. The van der Waals surface area contributed by atoms with E-state index in [4.69, 9.17) is 10.5 Å². The van der Waals surface area contributed by atoms with Gasteiger partial charge in [0.25, 0.3) is 0 Å². The van der Waals surface area contributed by atoms with Crippen molar-refractivity contribution in [3.8, 4) is 0 Å². The Morgan fingerprint density at radius 1 is 1.39 bits per heavy atom. The van der Waals surface area contributed by atoms with Crippen LogP contribution in [-0.4, -0.2) is 50.1 Å². The maximum absolute atomic E-state index is 13.0. The van der Waals surface area contributed by atoms with E-state index < -0.39 is 5.92 Å².